The van der Waals surface area contributed by atoms with E-state index in [2.05, 4.69) is 28.5 Å². The number of rotatable bonds is 13. The minimum absolute atomic E-state index is 0.0120. The molecule has 1 aromatic heterocycles. The molecule has 1 fully saturated rings. The maximum Gasteiger partial charge on any atom is 0.308 e. The third kappa shape index (κ3) is 6.36. The highest BCUT2D eigenvalue weighted by Gasteiger charge is 2.47. The van der Waals surface area contributed by atoms with Crippen LogP contribution in [0.25, 0.3) is 0 Å². The van der Waals surface area contributed by atoms with E-state index in [1.54, 1.807) is 0 Å². The molecule has 2 N–H and O–H groups in total. The van der Waals surface area contributed by atoms with Gasteiger partial charge in [-0.1, -0.05) is 25.5 Å². The van der Waals surface area contributed by atoms with Gasteiger partial charge >= 0.3 is 5.97 Å². The van der Waals surface area contributed by atoms with Gasteiger partial charge in [-0.25, -0.2) is 0 Å². The average molecular weight is 512 g/mol. The first-order valence-corrected chi connectivity index (χ1v) is 13.6. The van der Waals surface area contributed by atoms with Crippen molar-refractivity contribution in [3.8, 4) is 5.75 Å². The standard InChI is InChI=1S/C29H41N3O5/c1-3-4-14-31(15-6-16-33)27(34)20-32-19-24(21-8-11-26-22(18-21)12-17-37-26)28(29(35)36)25(32)10-9-23-7-5-13-30(23)2/h5,7-8,11,13,18,24-25,28,33H,3-4,6,9-10,12,14-17,19-20H2,1-2H3,(H,35,36)/t24-,25+,28-/m1/s1. The number of likely N-dealkylation sites (tertiary alicyclic amines) is 1. The summed E-state index contributed by atoms with van der Waals surface area (Å²) in [5.41, 5.74) is 3.30. The second kappa shape index (κ2) is 12.6. The van der Waals surface area contributed by atoms with Crippen molar-refractivity contribution in [1.29, 1.82) is 0 Å². The molecule has 2 aliphatic heterocycles. The number of fused-ring (bicyclic) bond motifs is 1. The molecule has 0 saturated carbocycles. The van der Waals surface area contributed by atoms with Crippen LogP contribution in [0, 0.1) is 5.92 Å². The number of aliphatic hydroxyl groups excluding tert-OH is 1. The number of aliphatic hydroxyl groups is 1. The summed E-state index contributed by atoms with van der Waals surface area (Å²) in [6, 6.07) is 9.89. The van der Waals surface area contributed by atoms with Crippen LogP contribution in [0.15, 0.2) is 36.5 Å². The first-order chi connectivity index (χ1) is 17.9. The Morgan fingerprint density at radius 1 is 1.19 bits per heavy atom. The van der Waals surface area contributed by atoms with Gasteiger partial charge in [-0.3, -0.25) is 14.5 Å². The van der Waals surface area contributed by atoms with Gasteiger partial charge in [-0.05, 0) is 55.0 Å². The van der Waals surface area contributed by atoms with Crippen molar-refractivity contribution >= 4 is 11.9 Å². The zero-order valence-electron chi connectivity index (χ0n) is 22.1. The van der Waals surface area contributed by atoms with Crippen molar-refractivity contribution in [1.82, 2.24) is 14.4 Å². The summed E-state index contributed by atoms with van der Waals surface area (Å²) in [6.07, 6.45) is 6.69. The fourth-order valence-corrected chi connectivity index (χ4v) is 5.92. The topological polar surface area (TPSA) is 95.2 Å². The van der Waals surface area contributed by atoms with Gasteiger partial charge in [-0.15, -0.1) is 0 Å². The van der Waals surface area contributed by atoms with E-state index >= 15 is 0 Å². The number of hydrogen-bond acceptors (Lipinski definition) is 5. The number of benzene rings is 1. The number of aryl methyl sites for hydroxylation is 2. The maximum atomic E-state index is 13.5. The van der Waals surface area contributed by atoms with E-state index in [1.165, 1.54) is 0 Å². The molecule has 0 bridgehead atoms. The predicted molar refractivity (Wildman–Crippen MR) is 142 cm³/mol. The fourth-order valence-electron chi connectivity index (χ4n) is 5.92. The Morgan fingerprint density at radius 3 is 2.70 bits per heavy atom. The Labute approximate surface area is 219 Å². The second-order valence-electron chi connectivity index (χ2n) is 10.4. The van der Waals surface area contributed by atoms with Crippen LogP contribution >= 0.6 is 0 Å². The van der Waals surface area contributed by atoms with E-state index < -0.39 is 11.9 Å². The molecule has 0 aliphatic carbocycles. The Kier molecular flexibility index (Phi) is 9.27. The SMILES string of the molecule is CCCCN(CCCO)C(=O)CN1C[C@H](c2ccc3c(c2)CCO3)[C@@H](C(=O)O)[C@@H]1CCc1cccn1C. The fraction of sp³-hybridized carbons (Fsp3) is 0.586. The lowest BCUT2D eigenvalue weighted by Gasteiger charge is -2.29. The van der Waals surface area contributed by atoms with Crippen molar-refractivity contribution in [2.24, 2.45) is 13.0 Å². The number of carbonyl (C=O) groups excluding carboxylic acids is 1. The third-order valence-electron chi connectivity index (χ3n) is 7.98. The smallest absolute Gasteiger partial charge is 0.308 e. The first kappa shape index (κ1) is 27.2. The van der Waals surface area contributed by atoms with Gasteiger partial charge in [0.2, 0.25) is 5.91 Å². The van der Waals surface area contributed by atoms with Crippen LogP contribution in [0.3, 0.4) is 0 Å². The summed E-state index contributed by atoms with van der Waals surface area (Å²) < 4.78 is 7.74. The molecule has 4 rings (SSSR count). The Morgan fingerprint density at radius 2 is 2.00 bits per heavy atom. The van der Waals surface area contributed by atoms with E-state index in [0.29, 0.717) is 39.1 Å². The van der Waals surface area contributed by atoms with Gasteiger partial charge < -0.3 is 24.4 Å². The van der Waals surface area contributed by atoms with Crippen LogP contribution in [-0.4, -0.2) is 81.9 Å². The largest absolute Gasteiger partial charge is 0.493 e. The second-order valence-corrected chi connectivity index (χ2v) is 10.4. The summed E-state index contributed by atoms with van der Waals surface area (Å²) in [5, 5.41) is 19.8. The third-order valence-corrected chi connectivity index (χ3v) is 7.98. The van der Waals surface area contributed by atoms with Crippen LogP contribution in [0.2, 0.25) is 0 Å². The number of carbonyl (C=O) groups is 2. The molecule has 8 nitrogen and oxygen atoms in total. The highest BCUT2D eigenvalue weighted by molar-refractivity contribution is 5.79. The van der Waals surface area contributed by atoms with Gasteiger partial charge in [0.1, 0.15) is 5.75 Å². The monoisotopic (exact) mass is 511 g/mol. The molecule has 37 heavy (non-hydrogen) atoms. The van der Waals surface area contributed by atoms with E-state index in [-0.39, 0.29) is 31.0 Å². The number of nitrogens with zero attached hydrogens (tertiary/aromatic N) is 3. The van der Waals surface area contributed by atoms with Crippen LogP contribution in [0.5, 0.6) is 5.75 Å². The molecule has 0 radical (unpaired) electrons. The Balaban J connectivity index is 1.59. The number of aliphatic carboxylic acids is 1. The van der Waals surface area contributed by atoms with Gasteiger partial charge in [0.25, 0.3) is 0 Å². The zero-order chi connectivity index (χ0) is 26.4. The number of carboxylic acid groups (broad SMARTS) is 1. The van der Waals surface area contributed by atoms with Crippen molar-refractivity contribution in [3.05, 3.63) is 53.3 Å². The highest BCUT2D eigenvalue weighted by atomic mass is 16.5. The summed E-state index contributed by atoms with van der Waals surface area (Å²) >= 11 is 0. The lowest BCUT2D eigenvalue weighted by molar-refractivity contribution is -0.143. The summed E-state index contributed by atoms with van der Waals surface area (Å²) in [4.78, 5) is 30.1. The van der Waals surface area contributed by atoms with E-state index in [9.17, 15) is 19.8 Å². The van der Waals surface area contributed by atoms with Gasteiger partial charge in [0.15, 0.2) is 0 Å². The number of unbranched alkanes of at least 4 members (excludes halogenated alkanes) is 1. The molecule has 0 unspecified atom stereocenters. The predicted octanol–water partition coefficient (Wildman–Crippen LogP) is 3.07. The number of hydrogen-bond donors (Lipinski definition) is 2. The van der Waals surface area contributed by atoms with E-state index in [0.717, 1.165) is 48.3 Å². The lowest BCUT2D eigenvalue weighted by Crippen LogP contribution is -2.45. The molecule has 8 heteroatoms. The van der Waals surface area contributed by atoms with Crippen molar-refractivity contribution in [3.63, 3.8) is 0 Å². The van der Waals surface area contributed by atoms with E-state index in [4.69, 9.17) is 4.74 Å². The molecule has 3 atom stereocenters. The van der Waals surface area contributed by atoms with E-state index in [1.807, 2.05) is 36.3 Å². The summed E-state index contributed by atoms with van der Waals surface area (Å²) in [7, 11) is 2.00. The van der Waals surface area contributed by atoms with Gasteiger partial charge in [0.05, 0.1) is 19.1 Å². The van der Waals surface area contributed by atoms with Crippen LogP contribution in [0.1, 0.15) is 55.3 Å². The zero-order valence-corrected chi connectivity index (χ0v) is 22.1. The van der Waals surface area contributed by atoms with Crippen LogP contribution in [-0.2, 0) is 29.5 Å². The molecular weight excluding hydrogens is 470 g/mol. The molecule has 2 aromatic rings. The quantitative estimate of drug-likeness (QED) is 0.429. The summed E-state index contributed by atoms with van der Waals surface area (Å²) in [5.74, 6) is -0.711. The average Bonchev–Trinajstić information content (AvgIpc) is 3.60. The molecule has 1 saturated heterocycles. The molecule has 1 aromatic carbocycles. The minimum atomic E-state index is -0.809. The first-order valence-electron chi connectivity index (χ1n) is 13.6. The molecular formula is C29H41N3O5. The summed E-state index contributed by atoms with van der Waals surface area (Å²) in [6.45, 7) is 4.71. The lowest BCUT2D eigenvalue weighted by atomic mass is 9.83. The van der Waals surface area contributed by atoms with Gasteiger partial charge in [-0.2, -0.15) is 0 Å². The highest BCUT2D eigenvalue weighted by Crippen LogP contribution is 2.41. The van der Waals surface area contributed by atoms with Crippen LogP contribution in [0.4, 0.5) is 0 Å². The molecule has 3 heterocycles. The van der Waals surface area contributed by atoms with Crippen molar-refractivity contribution in [2.75, 3.05) is 39.4 Å². The van der Waals surface area contributed by atoms with Crippen LogP contribution < -0.4 is 4.74 Å². The molecule has 0 spiro atoms. The number of ether oxygens (including phenoxy) is 1. The molecule has 1 amide bonds. The van der Waals surface area contributed by atoms with Crippen molar-refractivity contribution < 1.29 is 24.5 Å². The minimum Gasteiger partial charge on any atom is -0.493 e. The maximum absolute atomic E-state index is 13.5. The van der Waals surface area contributed by atoms with Crippen molar-refractivity contribution in [2.45, 2.75) is 57.4 Å². The number of carboxylic acids is 1. The molecule has 2 aliphatic rings. The number of aromatic nitrogens is 1. The Hall–Kier alpha value is -2.84. The normalized spacial score (nSPS) is 21.1. The number of amides is 1. The van der Waals surface area contributed by atoms with Gasteiger partial charge in [0, 0.05) is 63.6 Å². The molecule has 202 valence electrons. The Bertz CT molecular complexity index is 1060.